The third-order valence-electron chi connectivity index (χ3n) is 5.50. The van der Waals surface area contributed by atoms with E-state index in [1.165, 1.54) is 0 Å². The van der Waals surface area contributed by atoms with E-state index in [4.69, 9.17) is 9.98 Å². The number of hydrogen-bond donors (Lipinski definition) is 0. The maximum Gasteiger partial charge on any atom is 0.103 e. The average Bonchev–Trinajstić information content (AvgIpc) is 2.84. The van der Waals surface area contributed by atoms with E-state index >= 15 is 0 Å². The largest absolute Gasteiger partial charge is 0.253 e. The molecule has 154 valence electrons. The molecule has 0 aliphatic rings. The lowest BCUT2D eigenvalue weighted by Crippen LogP contribution is -2.02. The zero-order chi connectivity index (χ0) is 21.9. The van der Waals surface area contributed by atoms with Gasteiger partial charge < -0.3 is 0 Å². The average molecular weight is 415 g/mol. The van der Waals surface area contributed by atoms with Crippen LogP contribution in [0.4, 0.5) is 11.4 Å². The smallest absolute Gasteiger partial charge is 0.103 e. The first kappa shape index (κ1) is 19.8. The fourth-order valence-corrected chi connectivity index (χ4v) is 3.93. The topological polar surface area (TPSA) is 50.5 Å². The summed E-state index contributed by atoms with van der Waals surface area (Å²) in [7, 11) is 0. The Morgan fingerprint density at radius 1 is 0.500 bits per heavy atom. The van der Waals surface area contributed by atoms with Crippen molar-refractivity contribution < 1.29 is 0 Å². The van der Waals surface area contributed by atoms with Gasteiger partial charge in [0, 0.05) is 33.3 Å². The molecule has 0 atom stereocenters. The van der Waals surface area contributed by atoms with Gasteiger partial charge in [0.1, 0.15) is 11.0 Å². The van der Waals surface area contributed by atoms with Gasteiger partial charge in [0.2, 0.25) is 0 Å². The van der Waals surface area contributed by atoms with Crippen LogP contribution in [0.15, 0.2) is 107 Å². The summed E-state index contributed by atoms with van der Waals surface area (Å²) in [6.45, 7) is 4.03. The van der Waals surface area contributed by atoms with E-state index in [0.29, 0.717) is 0 Å². The van der Waals surface area contributed by atoms with Gasteiger partial charge in [-0.2, -0.15) is 0 Å². The summed E-state index contributed by atoms with van der Waals surface area (Å²) in [6.07, 6.45) is 0. The Kier molecular flexibility index (Phi) is 5.26. The van der Waals surface area contributed by atoms with E-state index in [2.05, 4.69) is 46.6 Å². The van der Waals surface area contributed by atoms with E-state index in [1.54, 1.807) is 0 Å². The minimum Gasteiger partial charge on any atom is -0.253 e. The van der Waals surface area contributed by atoms with Gasteiger partial charge in [-0.05, 0) is 38.1 Å². The van der Waals surface area contributed by atoms with E-state index < -0.39 is 0 Å². The Balaban J connectivity index is 1.65. The number of aromatic nitrogens is 2. The van der Waals surface area contributed by atoms with Crippen LogP contribution in [-0.2, 0) is 0 Å². The zero-order valence-corrected chi connectivity index (χ0v) is 18.0. The molecular formula is C28H22N4. The van der Waals surface area contributed by atoms with Gasteiger partial charge in [-0.25, -0.2) is 0 Å². The molecule has 5 rings (SSSR count). The summed E-state index contributed by atoms with van der Waals surface area (Å²) in [6, 6.07) is 32.3. The molecule has 0 saturated heterocycles. The zero-order valence-electron chi connectivity index (χ0n) is 18.0. The van der Waals surface area contributed by atoms with Crippen molar-refractivity contribution >= 4 is 44.6 Å². The quantitative estimate of drug-likeness (QED) is 0.233. The monoisotopic (exact) mass is 414 g/mol. The number of fused-ring (bicyclic) bond motifs is 3. The van der Waals surface area contributed by atoms with Crippen LogP contribution in [0.5, 0.6) is 0 Å². The summed E-state index contributed by atoms with van der Waals surface area (Å²) in [5.74, 6) is 0. The first-order valence-corrected chi connectivity index (χ1v) is 10.6. The minimum absolute atomic E-state index is 0.854. The lowest BCUT2D eigenvalue weighted by Gasteiger charge is -2.10. The number of para-hydroxylation sites is 2. The van der Waals surface area contributed by atoms with E-state index in [0.717, 1.165) is 55.7 Å². The van der Waals surface area contributed by atoms with Crippen molar-refractivity contribution in [1.82, 2.24) is 10.2 Å². The van der Waals surface area contributed by atoms with Crippen LogP contribution in [0, 0.1) is 0 Å². The van der Waals surface area contributed by atoms with Crippen LogP contribution in [0.1, 0.15) is 25.0 Å². The minimum atomic E-state index is 0.854. The van der Waals surface area contributed by atoms with Crippen LogP contribution < -0.4 is 0 Å². The molecular weight excluding hydrogens is 392 g/mol. The SMILES string of the molecule is C/C(=N\c1ccccc1)c1cccc2c1nnc1c(/C(C)=N/c3ccccc3)cccc12. The van der Waals surface area contributed by atoms with Crippen molar-refractivity contribution in [1.29, 1.82) is 0 Å². The molecule has 32 heavy (non-hydrogen) atoms. The van der Waals surface area contributed by atoms with Gasteiger partial charge in [0.05, 0.1) is 11.4 Å². The van der Waals surface area contributed by atoms with E-state index in [1.807, 2.05) is 74.5 Å². The number of benzene rings is 4. The van der Waals surface area contributed by atoms with E-state index in [-0.39, 0.29) is 0 Å². The number of hydrogen-bond acceptors (Lipinski definition) is 4. The Morgan fingerprint density at radius 3 is 1.31 bits per heavy atom. The van der Waals surface area contributed by atoms with Crippen LogP contribution >= 0.6 is 0 Å². The van der Waals surface area contributed by atoms with Crippen LogP contribution in [0.3, 0.4) is 0 Å². The highest BCUT2D eigenvalue weighted by molar-refractivity contribution is 6.18. The molecule has 0 spiro atoms. The van der Waals surface area contributed by atoms with Crippen molar-refractivity contribution in [2.75, 3.05) is 0 Å². The summed E-state index contributed by atoms with van der Waals surface area (Å²) >= 11 is 0. The van der Waals surface area contributed by atoms with Gasteiger partial charge in [0.15, 0.2) is 0 Å². The molecule has 0 bridgehead atoms. The molecule has 0 fully saturated rings. The predicted molar refractivity (Wildman–Crippen MR) is 134 cm³/mol. The van der Waals surface area contributed by atoms with Crippen molar-refractivity contribution in [3.05, 3.63) is 108 Å². The Labute approximate surface area is 187 Å². The highest BCUT2D eigenvalue weighted by Crippen LogP contribution is 2.28. The van der Waals surface area contributed by atoms with Crippen LogP contribution in [0.25, 0.3) is 21.8 Å². The summed E-state index contributed by atoms with van der Waals surface area (Å²) in [4.78, 5) is 9.56. The van der Waals surface area contributed by atoms with Crippen molar-refractivity contribution in [3.8, 4) is 0 Å². The predicted octanol–water partition coefficient (Wildman–Crippen LogP) is 7.06. The molecule has 4 aromatic carbocycles. The van der Waals surface area contributed by atoms with Crippen molar-refractivity contribution in [2.24, 2.45) is 9.98 Å². The van der Waals surface area contributed by atoms with Crippen LogP contribution in [-0.4, -0.2) is 21.6 Å². The third kappa shape index (κ3) is 3.79. The Hall–Kier alpha value is -4.18. The summed E-state index contributed by atoms with van der Waals surface area (Å²) in [5.41, 5.74) is 7.35. The summed E-state index contributed by atoms with van der Waals surface area (Å²) in [5, 5.41) is 11.4. The van der Waals surface area contributed by atoms with Gasteiger partial charge >= 0.3 is 0 Å². The lowest BCUT2D eigenvalue weighted by atomic mass is 10.0. The van der Waals surface area contributed by atoms with Gasteiger partial charge in [-0.3, -0.25) is 9.98 Å². The van der Waals surface area contributed by atoms with Gasteiger partial charge in [-0.1, -0.05) is 72.8 Å². The highest BCUT2D eigenvalue weighted by Gasteiger charge is 2.13. The second-order valence-corrected chi connectivity index (χ2v) is 7.67. The third-order valence-corrected chi connectivity index (χ3v) is 5.50. The van der Waals surface area contributed by atoms with E-state index in [9.17, 15) is 0 Å². The molecule has 1 heterocycles. The molecule has 0 aliphatic carbocycles. The number of nitrogens with zero attached hydrogens (tertiary/aromatic N) is 4. The fraction of sp³-hybridized carbons (Fsp3) is 0.0714. The molecule has 4 nitrogen and oxygen atoms in total. The lowest BCUT2D eigenvalue weighted by molar-refractivity contribution is 1.12. The molecule has 5 aromatic rings. The van der Waals surface area contributed by atoms with Gasteiger partial charge in [0.25, 0.3) is 0 Å². The van der Waals surface area contributed by atoms with Crippen molar-refractivity contribution in [2.45, 2.75) is 13.8 Å². The first-order valence-electron chi connectivity index (χ1n) is 10.6. The number of rotatable bonds is 4. The van der Waals surface area contributed by atoms with Crippen LogP contribution in [0.2, 0.25) is 0 Å². The molecule has 0 amide bonds. The molecule has 0 aliphatic heterocycles. The molecule has 0 saturated carbocycles. The standard InChI is InChI=1S/C28H22N4/c1-19(29-21-11-5-3-6-12-21)23-15-9-17-25-26-18-10-16-24(28(26)32-31-27(23)25)20(2)30-22-13-7-4-8-14-22/h3-18H,1-2H3/b29-19+,30-20+. The van der Waals surface area contributed by atoms with Crippen molar-refractivity contribution in [3.63, 3.8) is 0 Å². The molecule has 0 radical (unpaired) electrons. The molecule has 1 aromatic heterocycles. The number of aliphatic imine (C=N–C) groups is 2. The fourth-order valence-electron chi connectivity index (χ4n) is 3.93. The highest BCUT2D eigenvalue weighted by atomic mass is 15.1. The maximum absolute atomic E-state index is 4.78. The Morgan fingerprint density at radius 2 is 0.906 bits per heavy atom. The summed E-state index contributed by atoms with van der Waals surface area (Å²) < 4.78 is 0. The normalized spacial score (nSPS) is 12.4. The second kappa shape index (κ2) is 8.52. The molecule has 0 N–H and O–H groups in total. The Bertz CT molecular complexity index is 1360. The van der Waals surface area contributed by atoms with Gasteiger partial charge in [-0.15, -0.1) is 10.2 Å². The first-order chi connectivity index (χ1) is 15.7. The second-order valence-electron chi connectivity index (χ2n) is 7.67. The maximum atomic E-state index is 4.78. The molecule has 4 heteroatoms. The molecule has 0 unspecified atom stereocenters.